The van der Waals surface area contributed by atoms with Gasteiger partial charge >= 0.3 is 0 Å². The van der Waals surface area contributed by atoms with Crippen molar-refractivity contribution in [2.45, 2.75) is 38.3 Å². The van der Waals surface area contributed by atoms with Crippen molar-refractivity contribution in [2.24, 2.45) is 0 Å². The van der Waals surface area contributed by atoms with Crippen molar-refractivity contribution < 1.29 is 0 Å². The number of nitrogens with zero attached hydrogens (tertiary/aromatic N) is 2. The van der Waals surface area contributed by atoms with Crippen molar-refractivity contribution in [3.63, 3.8) is 0 Å². The molecule has 4 nitrogen and oxygen atoms in total. The molecule has 1 fully saturated rings. The van der Waals surface area contributed by atoms with Gasteiger partial charge in [-0.3, -0.25) is 4.68 Å². The van der Waals surface area contributed by atoms with Gasteiger partial charge in [0.25, 0.3) is 0 Å². The number of hydrogen-bond donors (Lipinski definition) is 2. The number of halogens is 1. The largest absolute Gasteiger partial charge is 0.360 e. The molecule has 1 saturated carbocycles. The Kier molecular flexibility index (Phi) is 4.95. The quantitative estimate of drug-likeness (QED) is 0.834. The minimum absolute atomic E-state index is 0.510. The van der Waals surface area contributed by atoms with E-state index in [9.17, 15) is 0 Å². The zero-order valence-corrected chi connectivity index (χ0v) is 13.8. The first-order chi connectivity index (χ1) is 10.7. The van der Waals surface area contributed by atoms with Gasteiger partial charge in [-0.25, -0.2) is 0 Å². The van der Waals surface area contributed by atoms with Crippen LogP contribution < -0.4 is 10.6 Å². The number of thiocarbonyl (C=S) groups is 1. The molecule has 0 aliphatic heterocycles. The summed E-state index contributed by atoms with van der Waals surface area (Å²) < 4.78 is 1.88. The van der Waals surface area contributed by atoms with Gasteiger partial charge in [-0.15, -0.1) is 0 Å². The molecular formula is C16H19ClN4S. The third-order valence-electron chi connectivity index (χ3n) is 3.83. The number of benzene rings is 1. The normalized spacial score (nSPS) is 15.0. The van der Waals surface area contributed by atoms with Crippen molar-refractivity contribution in [1.82, 2.24) is 15.1 Å². The SMILES string of the molecule is S=C(Nc1ccn(Cc2ccc(Cl)cc2)n1)NC1CCCC1. The maximum Gasteiger partial charge on any atom is 0.172 e. The van der Waals surface area contributed by atoms with Crippen LogP contribution in [0, 0.1) is 0 Å². The number of rotatable bonds is 4. The zero-order chi connectivity index (χ0) is 15.4. The van der Waals surface area contributed by atoms with Gasteiger partial charge in [0.1, 0.15) is 0 Å². The molecule has 22 heavy (non-hydrogen) atoms. The maximum atomic E-state index is 5.89. The van der Waals surface area contributed by atoms with Crippen LogP contribution in [0.3, 0.4) is 0 Å². The van der Waals surface area contributed by atoms with Crippen LogP contribution >= 0.6 is 23.8 Å². The molecule has 0 bridgehead atoms. The second-order valence-electron chi connectivity index (χ2n) is 5.60. The van der Waals surface area contributed by atoms with Crippen molar-refractivity contribution in [3.8, 4) is 0 Å². The fourth-order valence-corrected chi connectivity index (χ4v) is 3.10. The highest BCUT2D eigenvalue weighted by molar-refractivity contribution is 7.80. The van der Waals surface area contributed by atoms with Crippen molar-refractivity contribution in [3.05, 3.63) is 47.1 Å². The van der Waals surface area contributed by atoms with E-state index in [1.54, 1.807) is 0 Å². The molecule has 1 aromatic carbocycles. The molecule has 0 atom stereocenters. The van der Waals surface area contributed by atoms with Gasteiger partial charge in [-0.1, -0.05) is 36.6 Å². The lowest BCUT2D eigenvalue weighted by Crippen LogP contribution is -2.36. The zero-order valence-electron chi connectivity index (χ0n) is 12.3. The highest BCUT2D eigenvalue weighted by Gasteiger charge is 2.15. The van der Waals surface area contributed by atoms with Crippen molar-refractivity contribution in [1.29, 1.82) is 0 Å². The van der Waals surface area contributed by atoms with Crippen LogP contribution in [0.4, 0.5) is 5.82 Å². The minimum atomic E-state index is 0.510. The van der Waals surface area contributed by atoms with E-state index in [1.165, 1.54) is 25.7 Å². The monoisotopic (exact) mass is 334 g/mol. The van der Waals surface area contributed by atoms with E-state index >= 15 is 0 Å². The summed E-state index contributed by atoms with van der Waals surface area (Å²) in [5.41, 5.74) is 1.16. The predicted octanol–water partition coefficient (Wildman–Crippen LogP) is 3.81. The van der Waals surface area contributed by atoms with Gasteiger partial charge in [0.15, 0.2) is 10.9 Å². The Morgan fingerprint density at radius 3 is 2.68 bits per heavy atom. The van der Waals surface area contributed by atoms with E-state index in [4.69, 9.17) is 23.8 Å². The smallest absolute Gasteiger partial charge is 0.172 e. The summed E-state index contributed by atoms with van der Waals surface area (Å²) in [5, 5.41) is 12.4. The van der Waals surface area contributed by atoms with Gasteiger partial charge in [0, 0.05) is 23.3 Å². The number of anilines is 1. The predicted molar refractivity (Wildman–Crippen MR) is 94.4 cm³/mol. The molecule has 1 heterocycles. The summed E-state index contributed by atoms with van der Waals surface area (Å²) in [6.07, 6.45) is 6.92. The van der Waals surface area contributed by atoms with Crippen LogP contribution in [0.25, 0.3) is 0 Å². The Labute approximate surface area is 140 Å². The number of aromatic nitrogens is 2. The van der Waals surface area contributed by atoms with E-state index in [-0.39, 0.29) is 0 Å². The fourth-order valence-electron chi connectivity index (χ4n) is 2.70. The van der Waals surface area contributed by atoms with E-state index in [2.05, 4.69) is 15.7 Å². The molecule has 1 aliphatic carbocycles. The van der Waals surface area contributed by atoms with Gasteiger partial charge in [0.05, 0.1) is 6.54 Å². The molecule has 0 amide bonds. The highest BCUT2D eigenvalue weighted by Crippen LogP contribution is 2.17. The lowest BCUT2D eigenvalue weighted by Gasteiger charge is -2.14. The summed E-state index contributed by atoms with van der Waals surface area (Å²) in [6, 6.07) is 10.2. The number of nitrogens with one attached hydrogen (secondary N) is 2. The van der Waals surface area contributed by atoms with Crippen molar-refractivity contribution >= 4 is 34.7 Å². The summed E-state index contributed by atoms with van der Waals surface area (Å²) >= 11 is 11.2. The average molecular weight is 335 g/mol. The van der Waals surface area contributed by atoms with Gasteiger partial charge in [-0.05, 0) is 42.8 Å². The van der Waals surface area contributed by atoms with Crippen LogP contribution in [-0.2, 0) is 6.54 Å². The van der Waals surface area contributed by atoms with E-state index in [0.29, 0.717) is 17.7 Å². The molecule has 116 valence electrons. The standard InChI is InChI=1S/C16H19ClN4S/c17-13-7-5-12(6-8-13)11-21-10-9-15(20-21)19-16(22)18-14-3-1-2-4-14/h5-10,14H,1-4,11H2,(H2,18,19,20,22). The van der Waals surface area contributed by atoms with Crippen LogP contribution in [0.5, 0.6) is 0 Å². The van der Waals surface area contributed by atoms with Crippen molar-refractivity contribution in [2.75, 3.05) is 5.32 Å². The summed E-state index contributed by atoms with van der Waals surface area (Å²) in [4.78, 5) is 0. The third kappa shape index (κ3) is 4.21. The second kappa shape index (κ2) is 7.11. The lowest BCUT2D eigenvalue weighted by molar-refractivity contribution is 0.634. The first-order valence-corrected chi connectivity index (χ1v) is 8.33. The molecule has 0 unspecified atom stereocenters. The maximum absolute atomic E-state index is 5.89. The molecule has 6 heteroatoms. The summed E-state index contributed by atoms with van der Waals surface area (Å²) in [6.45, 7) is 0.710. The molecule has 0 spiro atoms. The molecule has 0 radical (unpaired) electrons. The molecule has 2 N–H and O–H groups in total. The van der Waals surface area contributed by atoms with Crippen LogP contribution in [0.2, 0.25) is 5.02 Å². The molecule has 0 saturated heterocycles. The molecule has 1 aliphatic rings. The van der Waals surface area contributed by atoms with E-state index < -0.39 is 0 Å². The van der Waals surface area contributed by atoms with Gasteiger partial charge in [-0.2, -0.15) is 5.10 Å². The van der Waals surface area contributed by atoms with Gasteiger partial charge in [0.2, 0.25) is 0 Å². The Hall–Kier alpha value is -1.59. The summed E-state index contributed by atoms with van der Waals surface area (Å²) in [5.74, 6) is 0.768. The second-order valence-corrected chi connectivity index (χ2v) is 6.45. The molecular weight excluding hydrogens is 316 g/mol. The van der Waals surface area contributed by atoms with Gasteiger partial charge < -0.3 is 10.6 Å². The molecule has 1 aromatic heterocycles. The Balaban J connectivity index is 1.54. The van der Waals surface area contributed by atoms with E-state index in [1.807, 2.05) is 41.2 Å². The first-order valence-electron chi connectivity index (χ1n) is 7.54. The highest BCUT2D eigenvalue weighted by atomic mass is 35.5. The Morgan fingerprint density at radius 1 is 1.23 bits per heavy atom. The Morgan fingerprint density at radius 2 is 1.95 bits per heavy atom. The molecule has 2 aromatic rings. The minimum Gasteiger partial charge on any atom is -0.360 e. The fraction of sp³-hybridized carbons (Fsp3) is 0.375. The lowest BCUT2D eigenvalue weighted by atomic mass is 10.2. The number of hydrogen-bond acceptors (Lipinski definition) is 2. The van der Waals surface area contributed by atoms with Crippen LogP contribution in [0.15, 0.2) is 36.5 Å². The first kappa shape index (κ1) is 15.3. The average Bonchev–Trinajstić information content (AvgIpc) is 3.14. The van der Waals surface area contributed by atoms with Crippen LogP contribution in [-0.4, -0.2) is 20.9 Å². The summed E-state index contributed by atoms with van der Waals surface area (Å²) in [7, 11) is 0. The Bertz CT molecular complexity index is 632. The van der Waals surface area contributed by atoms with Crippen LogP contribution in [0.1, 0.15) is 31.2 Å². The topological polar surface area (TPSA) is 41.9 Å². The van der Waals surface area contributed by atoms with E-state index in [0.717, 1.165) is 16.4 Å². The molecule has 3 rings (SSSR count). The third-order valence-corrected chi connectivity index (χ3v) is 4.30.